The summed E-state index contributed by atoms with van der Waals surface area (Å²) in [4.78, 5) is 15.7. The third-order valence-corrected chi connectivity index (χ3v) is 3.31. The molecule has 0 atom stereocenters. The van der Waals surface area contributed by atoms with Gasteiger partial charge in [-0.05, 0) is 6.42 Å². The largest absolute Gasteiger partial charge is 0.378 e. The van der Waals surface area contributed by atoms with Gasteiger partial charge in [-0.15, -0.1) is 0 Å². The zero-order valence-corrected chi connectivity index (χ0v) is 9.95. The average molecular weight is 227 g/mol. The van der Waals surface area contributed by atoms with Gasteiger partial charge in [-0.2, -0.15) is 0 Å². The molecule has 2 N–H and O–H groups in total. The van der Waals surface area contributed by atoms with Crippen molar-refractivity contribution in [1.82, 2.24) is 9.80 Å². The molecule has 0 radical (unpaired) electrons. The van der Waals surface area contributed by atoms with Gasteiger partial charge in [-0.1, -0.05) is 13.3 Å². The number of ether oxygens (including phenoxy) is 1. The van der Waals surface area contributed by atoms with E-state index in [2.05, 4.69) is 6.92 Å². The predicted molar refractivity (Wildman–Crippen MR) is 61.2 cm³/mol. The number of morpholine rings is 1. The summed E-state index contributed by atoms with van der Waals surface area (Å²) in [5, 5.41) is 0. The van der Waals surface area contributed by atoms with Gasteiger partial charge in [0.25, 0.3) is 0 Å². The van der Waals surface area contributed by atoms with Crippen molar-refractivity contribution < 1.29 is 9.53 Å². The van der Waals surface area contributed by atoms with Gasteiger partial charge in [0, 0.05) is 26.2 Å². The Morgan fingerprint density at radius 3 is 2.50 bits per heavy atom. The fourth-order valence-electron chi connectivity index (χ4n) is 2.46. The quantitative estimate of drug-likeness (QED) is 0.735. The molecular weight excluding hydrogens is 206 g/mol. The molecule has 0 bridgehead atoms. The number of hydrogen-bond donors (Lipinski definition) is 1. The van der Waals surface area contributed by atoms with Crippen LogP contribution in [0.25, 0.3) is 0 Å². The number of likely N-dealkylation sites (tertiary alicyclic amines) is 1. The van der Waals surface area contributed by atoms with Crippen molar-refractivity contribution in [3.63, 3.8) is 0 Å². The lowest BCUT2D eigenvalue weighted by atomic mass is 9.87. The van der Waals surface area contributed by atoms with E-state index in [1.54, 1.807) is 0 Å². The maximum absolute atomic E-state index is 12.0. The highest BCUT2D eigenvalue weighted by molar-refractivity contribution is 5.76. The van der Waals surface area contributed by atoms with Crippen LogP contribution >= 0.6 is 0 Å². The summed E-state index contributed by atoms with van der Waals surface area (Å²) in [6.45, 7) is 6.26. The van der Waals surface area contributed by atoms with Gasteiger partial charge >= 0.3 is 6.03 Å². The van der Waals surface area contributed by atoms with Gasteiger partial charge in [0.05, 0.1) is 18.8 Å². The predicted octanol–water partition coefficient (Wildman–Crippen LogP) is 0.252. The minimum Gasteiger partial charge on any atom is -0.378 e. The minimum absolute atomic E-state index is 0.125. The van der Waals surface area contributed by atoms with Crippen LogP contribution in [-0.2, 0) is 4.74 Å². The van der Waals surface area contributed by atoms with Crippen molar-refractivity contribution in [2.45, 2.75) is 25.3 Å². The highest BCUT2D eigenvalue weighted by Crippen LogP contribution is 2.24. The van der Waals surface area contributed by atoms with Crippen LogP contribution in [-0.4, -0.2) is 60.8 Å². The van der Waals surface area contributed by atoms with Gasteiger partial charge in [0.2, 0.25) is 0 Å². The number of urea groups is 1. The van der Waals surface area contributed by atoms with Crippen LogP contribution in [0.3, 0.4) is 0 Å². The molecule has 92 valence electrons. The monoisotopic (exact) mass is 227 g/mol. The second-order valence-corrected chi connectivity index (χ2v) is 4.85. The van der Waals surface area contributed by atoms with Crippen LogP contribution in [0.4, 0.5) is 4.79 Å². The topological polar surface area (TPSA) is 58.8 Å². The molecule has 2 aliphatic rings. The third-order valence-electron chi connectivity index (χ3n) is 3.31. The molecule has 16 heavy (non-hydrogen) atoms. The van der Waals surface area contributed by atoms with E-state index in [1.165, 1.54) is 0 Å². The number of nitrogens with two attached hydrogens (primary N) is 1. The molecule has 0 aromatic rings. The zero-order chi connectivity index (χ0) is 11.6. The Labute approximate surface area is 96.5 Å². The van der Waals surface area contributed by atoms with E-state index in [1.807, 2.05) is 9.80 Å². The average Bonchev–Trinajstić information content (AvgIpc) is 2.26. The first kappa shape index (κ1) is 11.7. The number of carbonyl (C=O) groups excluding carboxylic acids is 1. The highest BCUT2D eigenvalue weighted by Gasteiger charge is 2.42. The van der Waals surface area contributed by atoms with E-state index < -0.39 is 0 Å². The summed E-state index contributed by atoms with van der Waals surface area (Å²) in [6, 6.07) is 0.125. The molecule has 0 saturated carbocycles. The molecule has 5 nitrogen and oxygen atoms in total. The SMILES string of the molecule is CCCC1(N)CN(C(=O)N2CCOCC2)C1. The number of nitrogens with zero attached hydrogens (tertiary/aromatic N) is 2. The van der Waals surface area contributed by atoms with E-state index in [4.69, 9.17) is 10.5 Å². The van der Waals surface area contributed by atoms with E-state index in [0.29, 0.717) is 39.4 Å². The lowest BCUT2D eigenvalue weighted by Gasteiger charge is -2.49. The molecule has 2 fully saturated rings. The Balaban J connectivity index is 1.80. The van der Waals surface area contributed by atoms with Crippen LogP contribution in [0.1, 0.15) is 19.8 Å². The Bertz CT molecular complexity index is 258. The maximum Gasteiger partial charge on any atom is 0.320 e. The Morgan fingerprint density at radius 1 is 1.31 bits per heavy atom. The van der Waals surface area contributed by atoms with Gasteiger partial charge in [-0.25, -0.2) is 4.79 Å². The lowest BCUT2D eigenvalue weighted by molar-refractivity contribution is 0.0217. The van der Waals surface area contributed by atoms with Crippen molar-refractivity contribution in [2.75, 3.05) is 39.4 Å². The van der Waals surface area contributed by atoms with Crippen LogP contribution in [0.15, 0.2) is 0 Å². The van der Waals surface area contributed by atoms with Gasteiger partial charge in [0.1, 0.15) is 0 Å². The Kier molecular flexibility index (Phi) is 3.35. The van der Waals surface area contributed by atoms with Crippen molar-refractivity contribution in [3.8, 4) is 0 Å². The van der Waals surface area contributed by atoms with Crippen molar-refractivity contribution in [1.29, 1.82) is 0 Å². The van der Waals surface area contributed by atoms with Gasteiger partial charge in [-0.3, -0.25) is 0 Å². The number of carbonyl (C=O) groups is 1. The summed E-state index contributed by atoms with van der Waals surface area (Å²) in [7, 11) is 0. The molecule has 0 unspecified atom stereocenters. The van der Waals surface area contributed by atoms with Gasteiger partial charge in [0.15, 0.2) is 0 Å². The maximum atomic E-state index is 12.0. The number of amides is 2. The Morgan fingerprint density at radius 2 is 1.94 bits per heavy atom. The minimum atomic E-state index is -0.128. The molecule has 2 heterocycles. The molecule has 2 aliphatic heterocycles. The van der Waals surface area contributed by atoms with Crippen LogP contribution in [0.2, 0.25) is 0 Å². The molecule has 0 aromatic heterocycles. The smallest absolute Gasteiger partial charge is 0.320 e. The standard InChI is InChI=1S/C11H21N3O2/c1-2-3-11(12)8-14(9-11)10(15)13-4-6-16-7-5-13/h2-9,12H2,1H3. The summed E-state index contributed by atoms with van der Waals surface area (Å²) in [5.41, 5.74) is 6.01. The highest BCUT2D eigenvalue weighted by atomic mass is 16.5. The summed E-state index contributed by atoms with van der Waals surface area (Å²) >= 11 is 0. The normalized spacial score (nSPS) is 24.1. The fraction of sp³-hybridized carbons (Fsp3) is 0.909. The van der Waals surface area contributed by atoms with E-state index in [-0.39, 0.29) is 11.6 Å². The molecule has 0 aromatic carbocycles. The van der Waals surface area contributed by atoms with Crippen molar-refractivity contribution in [3.05, 3.63) is 0 Å². The van der Waals surface area contributed by atoms with Crippen molar-refractivity contribution in [2.24, 2.45) is 5.73 Å². The van der Waals surface area contributed by atoms with Crippen molar-refractivity contribution >= 4 is 6.03 Å². The van der Waals surface area contributed by atoms with Crippen LogP contribution < -0.4 is 5.73 Å². The second-order valence-electron chi connectivity index (χ2n) is 4.85. The first-order valence-corrected chi connectivity index (χ1v) is 6.05. The summed E-state index contributed by atoms with van der Waals surface area (Å²) < 4.78 is 5.22. The molecule has 2 rings (SSSR count). The summed E-state index contributed by atoms with van der Waals surface area (Å²) in [6.07, 6.45) is 2.08. The molecule has 0 spiro atoms. The fourth-order valence-corrected chi connectivity index (χ4v) is 2.46. The van der Waals surface area contributed by atoms with E-state index in [0.717, 1.165) is 12.8 Å². The van der Waals surface area contributed by atoms with Gasteiger partial charge < -0.3 is 20.3 Å². The van der Waals surface area contributed by atoms with E-state index >= 15 is 0 Å². The zero-order valence-electron chi connectivity index (χ0n) is 9.95. The van der Waals surface area contributed by atoms with E-state index in [9.17, 15) is 4.79 Å². The number of rotatable bonds is 2. The molecule has 2 amide bonds. The lowest BCUT2D eigenvalue weighted by Crippen LogP contribution is -2.70. The first-order valence-electron chi connectivity index (χ1n) is 6.05. The number of hydrogen-bond acceptors (Lipinski definition) is 3. The van der Waals surface area contributed by atoms with Crippen LogP contribution in [0.5, 0.6) is 0 Å². The molecule has 0 aliphatic carbocycles. The molecule has 2 saturated heterocycles. The second kappa shape index (κ2) is 4.59. The Hall–Kier alpha value is -0.810. The molecular formula is C11H21N3O2. The van der Waals surface area contributed by atoms with Crippen LogP contribution in [0, 0.1) is 0 Å². The summed E-state index contributed by atoms with van der Waals surface area (Å²) in [5.74, 6) is 0. The molecule has 5 heteroatoms. The first-order chi connectivity index (χ1) is 7.64. The third kappa shape index (κ3) is 2.30.